The first-order chi connectivity index (χ1) is 10.0. The van der Waals surface area contributed by atoms with Crippen molar-refractivity contribution in [2.24, 2.45) is 0 Å². The molecule has 6 nitrogen and oxygen atoms in total. The number of amides is 3. The highest BCUT2D eigenvalue weighted by Gasteiger charge is 2.06. The Bertz CT molecular complexity index is 535. The summed E-state index contributed by atoms with van der Waals surface area (Å²) in [6.45, 7) is 0.503. The van der Waals surface area contributed by atoms with Crippen LogP contribution in [0.25, 0.3) is 0 Å². The number of hydrogen-bond acceptors (Lipinski definition) is 3. The van der Waals surface area contributed by atoms with Gasteiger partial charge in [0.25, 0.3) is 0 Å². The fraction of sp³-hybridized carbons (Fsp3) is 0.400. The second-order valence-electron chi connectivity index (χ2n) is 4.81. The van der Waals surface area contributed by atoms with Crippen LogP contribution in [0.2, 0.25) is 0 Å². The molecule has 0 aliphatic heterocycles. The molecule has 3 amide bonds. The van der Waals surface area contributed by atoms with E-state index in [2.05, 4.69) is 10.6 Å². The molecule has 0 fully saturated rings. The van der Waals surface area contributed by atoms with Crippen LogP contribution in [0.5, 0.6) is 0 Å². The summed E-state index contributed by atoms with van der Waals surface area (Å²) in [7, 11) is 3.32. The lowest BCUT2D eigenvalue weighted by Crippen LogP contribution is -2.27. The van der Waals surface area contributed by atoms with Crippen LogP contribution in [0.15, 0.2) is 24.3 Å². The van der Waals surface area contributed by atoms with Crippen LogP contribution in [-0.2, 0) is 11.2 Å². The van der Waals surface area contributed by atoms with Crippen LogP contribution >= 0.6 is 0 Å². The Balaban J connectivity index is 2.50. The number of nitrogens with zero attached hydrogens (tertiary/aromatic N) is 2. The summed E-state index contributed by atoms with van der Waals surface area (Å²) in [6, 6.07) is 8.99. The molecule has 0 bridgehead atoms. The quantitative estimate of drug-likeness (QED) is 0.782. The molecule has 0 aromatic heterocycles. The van der Waals surface area contributed by atoms with Gasteiger partial charge in [0.15, 0.2) is 0 Å². The van der Waals surface area contributed by atoms with Crippen molar-refractivity contribution in [3.63, 3.8) is 0 Å². The van der Waals surface area contributed by atoms with Gasteiger partial charge in [0.2, 0.25) is 5.91 Å². The third kappa shape index (κ3) is 6.43. The number of unbranched alkanes of at least 4 members (excludes halogenated alkanes) is 1. The minimum absolute atomic E-state index is 0.0935. The Morgan fingerprint density at radius 3 is 2.76 bits per heavy atom. The number of hydrogen-bond donors (Lipinski definition) is 2. The van der Waals surface area contributed by atoms with E-state index in [1.807, 2.05) is 12.1 Å². The number of nitrogens with one attached hydrogen (secondary N) is 2. The number of carbonyl (C=O) groups excluding carboxylic acids is 2. The molecular weight excluding hydrogens is 268 g/mol. The highest BCUT2D eigenvalue weighted by molar-refractivity contribution is 5.89. The second kappa shape index (κ2) is 8.59. The molecule has 0 aliphatic rings. The summed E-state index contributed by atoms with van der Waals surface area (Å²) in [5.74, 6) is -0.0935. The van der Waals surface area contributed by atoms with Crippen molar-refractivity contribution in [2.75, 3.05) is 26.0 Å². The zero-order chi connectivity index (χ0) is 15.7. The number of benzene rings is 1. The summed E-state index contributed by atoms with van der Waals surface area (Å²) in [5.41, 5.74) is 1.48. The number of urea groups is 1. The fourth-order valence-corrected chi connectivity index (χ4v) is 1.64. The van der Waals surface area contributed by atoms with Crippen LogP contribution < -0.4 is 10.6 Å². The molecule has 112 valence electrons. The molecule has 1 rings (SSSR count). The monoisotopic (exact) mass is 288 g/mol. The maximum Gasteiger partial charge on any atom is 0.321 e. The predicted octanol–water partition coefficient (Wildman–Crippen LogP) is 1.74. The van der Waals surface area contributed by atoms with Crippen LogP contribution in [0.1, 0.15) is 18.4 Å². The van der Waals surface area contributed by atoms with E-state index in [-0.39, 0.29) is 18.4 Å². The van der Waals surface area contributed by atoms with Crippen molar-refractivity contribution in [3.05, 3.63) is 29.8 Å². The molecule has 1 aromatic rings. The molecule has 1 aromatic carbocycles. The number of nitriles is 1. The van der Waals surface area contributed by atoms with Gasteiger partial charge in [-0.05, 0) is 24.1 Å². The summed E-state index contributed by atoms with van der Waals surface area (Å²) in [6.07, 6.45) is 1.34. The first-order valence-electron chi connectivity index (χ1n) is 6.74. The average Bonchev–Trinajstić information content (AvgIpc) is 2.44. The highest BCUT2D eigenvalue weighted by atomic mass is 16.2. The smallest absolute Gasteiger partial charge is 0.321 e. The second-order valence-corrected chi connectivity index (χ2v) is 4.81. The molecule has 0 saturated carbocycles. The molecule has 2 N–H and O–H groups in total. The maximum absolute atomic E-state index is 11.7. The van der Waals surface area contributed by atoms with Gasteiger partial charge in [0, 0.05) is 32.7 Å². The van der Waals surface area contributed by atoms with Gasteiger partial charge in [-0.2, -0.15) is 5.26 Å². The molecule has 0 aliphatic carbocycles. The van der Waals surface area contributed by atoms with Gasteiger partial charge in [-0.3, -0.25) is 4.79 Å². The SMILES string of the molecule is CN(C)C(=O)Nc1cccc(CC(=O)NCCCC#N)c1. The number of rotatable bonds is 6. The zero-order valence-electron chi connectivity index (χ0n) is 12.3. The zero-order valence-corrected chi connectivity index (χ0v) is 12.3. The minimum atomic E-state index is -0.215. The predicted molar refractivity (Wildman–Crippen MR) is 80.7 cm³/mol. The topological polar surface area (TPSA) is 85.2 Å². The van der Waals surface area contributed by atoms with Gasteiger partial charge in [0.1, 0.15) is 0 Å². The molecule has 21 heavy (non-hydrogen) atoms. The Morgan fingerprint density at radius 1 is 1.33 bits per heavy atom. The molecular formula is C15H20N4O2. The Labute approximate surface area is 124 Å². The van der Waals surface area contributed by atoms with Crippen LogP contribution in [-0.4, -0.2) is 37.5 Å². The third-order valence-electron chi connectivity index (χ3n) is 2.74. The normalized spacial score (nSPS) is 9.57. The summed E-state index contributed by atoms with van der Waals surface area (Å²) < 4.78 is 0. The molecule has 0 saturated heterocycles. The van der Waals surface area contributed by atoms with Gasteiger partial charge < -0.3 is 15.5 Å². The van der Waals surface area contributed by atoms with E-state index in [0.717, 1.165) is 5.56 Å². The number of anilines is 1. The standard InChI is InChI=1S/C15H20N4O2/c1-19(2)15(21)18-13-7-5-6-12(10-13)11-14(20)17-9-4-3-8-16/h5-7,10H,3-4,9,11H2,1-2H3,(H,17,20)(H,18,21). The van der Waals surface area contributed by atoms with E-state index in [9.17, 15) is 9.59 Å². The van der Waals surface area contributed by atoms with Crippen molar-refractivity contribution in [2.45, 2.75) is 19.3 Å². The van der Waals surface area contributed by atoms with Crippen molar-refractivity contribution in [1.82, 2.24) is 10.2 Å². The van der Waals surface area contributed by atoms with Crippen molar-refractivity contribution < 1.29 is 9.59 Å². The molecule has 0 unspecified atom stereocenters. The Kier molecular flexibility index (Phi) is 6.75. The van der Waals surface area contributed by atoms with Gasteiger partial charge in [-0.25, -0.2) is 4.79 Å². The lowest BCUT2D eigenvalue weighted by Gasteiger charge is -2.12. The van der Waals surface area contributed by atoms with E-state index in [1.54, 1.807) is 32.3 Å². The fourth-order valence-electron chi connectivity index (χ4n) is 1.64. The molecule has 0 heterocycles. The molecule has 6 heteroatoms. The largest absolute Gasteiger partial charge is 0.356 e. The first kappa shape index (κ1) is 16.5. The van der Waals surface area contributed by atoms with E-state index in [0.29, 0.717) is 25.1 Å². The average molecular weight is 288 g/mol. The van der Waals surface area contributed by atoms with E-state index in [4.69, 9.17) is 5.26 Å². The maximum atomic E-state index is 11.7. The van der Waals surface area contributed by atoms with Gasteiger partial charge in [-0.15, -0.1) is 0 Å². The van der Waals surface area contributed by atoms with Gasteiger partial charge in [0.05, 0.1) is 12.5 Å². The van der Waals surface area contributed by atoms with E-state index < -0.39 is 0 Å². The first-order valence-corrected chi connectivity index (χ1v) is 6.74. The lowest BCUT2D eigenvalue weighted by atomic mass is 10.1. The number of carbonyl (C=O) groups is 2. The summed E-state index contributed by atoms with van der Waals surface area (Å²) in [5, 5.41) is 13.9. The van der Waals surface area contributed by atoms with Crippen LogP contribution in [0.3, 0.4) is 0 Å². The van der Waals surface area contributed by atoms with Crippen LogP contribution in [0.4, 0.5) is 10.5 Å². The van der Waals surface area contributed by atoms with Gasteiger partial charge in [-0.1, -0.05) is 12.1 Å². The third-order valence-corrected chi connectivity index (χ3v) is 2.74. The molecule has 0 radical (unpaired) electrons. The Hall–Kier alpha value is -2.55. The van der Waals surface area contributed by atoms with E-state index in [1.165, 1.54) is 4.90 Å². The van der Waals surface area contributed by atoms with Crippen LogP contribution in [0, 0.1) is 11.3 Å². The summed E-state index contributed by atoms with van der Waals surface area (Å²) in [4.78, 5) is 24.7. The minimum Gasteiger partial charge on any atom is -0.356 e. The lowest BCUT2D eigenvalue weighted by molar-refractivity contribution is -0.120. The van der Waals surface area contributed by atoms with E-state index >= 15 is 0 Å². The van der Waals surface area contributed by atoms with Gasteiger partial charge >= 0.3 is 6.03 Å². The highest BCUT2D eigenvalue weighted by Crippen LogP contribution is 2.11. The molecule has 0 spiro atoms. The molecule has 0 atom stereocenters. The van der Waals surface area contributed by atoms with Crippen molar-refractivity contribution in [3.8, 4) is 6.07 Å². The summed E-state index contributed by atoms with van der Waals surface area (Å²) >= 11 is 0. The Morgan fingerprint density at radius 2 is 2.10 bits per heavy atom. The van der Waals surface area contributed by atoms with Crippen molar-refractivity contribution >= 4 is 17.6 Å². The van der Waals surface area contributed by atoms with Crippen molar-refractivity contribution in [1.29, 1.82) is 5.26 Å².